The lowest BCUT2D eigenvalue weighted by atomic mass is 9.96. The molecule has 134 valence electrons. The number of carbonyl (C=O) groups excluding carboxylic acids is 4. The molecule has 2 rings (SSSR count). The summed E-state index contributed by atoms with van der Waals surface area (Å²) in [7, 11) is 0. The number of ether oxygens (including phenoxy) is 2. The summed E-state index contributed by atoms with van der Waals surface area (Å²) in [6, 6.07) is 2.62. The molecule has 0 saturated carbocycles. The summed E-state index contributed by atoms with van der Waals surface area (Å²) < 4.78 is 10.6. The fourth-order valence-electron chi connectivity index (χ4n) is 2.30. The molecule has 0 unspecified atom stereocenters. The fourth-order valence-corrected chi connectivity index (χ4v) is 2.30. The van der Waals surface area contributed by atoms with E-state index in [4.69, 9.17) is 9.47 Å². The van der Waals surface area contributed by atoms with Gasteiger partial charge in [-0.25, -0.2) is 9.59 Å². The van der Waals surface area contributed by atoms with Crippen molar-refractivity contribution in [2.75, 3.05) is 0 Å². The second-order valence-electron chi connectivity index (χ2n) is 7.70. The zero-order valence-corrected chi connectivity index (χ0v) is 15.1. The maximum Gasteiger partial charge on any atom is 0.340 e. The zero-order valence-electron chi connectivity index (χ0n) is 15.1. The number of benzene rings is 1. The van der Waals surface area contributed by atoms with Crippen LogP contribution in [-0.4, -0.2) is 35.0 Å². The van der Waals surface area contributed by atoms with Crippen LogP contribution in [0.15, 0.2) is 12.1 Å². The van der Waals surface area contributed by atoms with E-state index in [1.54, 1.807) is 41.5 Å². The summed E-state index contributed by atoms with van der Waals surface area (Å²) in [5.74, 6) is -3.01. The van der Waals surface area contributed by atoms with Gasteiger partial charge in [-0.15, -0.1) is 0 Å². The topological polar surface area (TPSA) is 98.8 Å². The van der Waals surface area contributed by atoms with Gasteiger partial charge in [0, 0.05) is 0 Å². The number of fused-ring (bicyclic) bond motifs is 1. The van der Waals surface area contributed by atoms with Gasteiger partial charge in [-0.1, -0.05) is 0 Å². The Balaban J connectivity index is 2.63. The Morgan fingerprint density at radius 1 is 0.840 bits per heavy atom. The summed E-state index contributed by atoms with van der Waals surface area (Å²) in [6.07, 6.45) is 0. The van der Waals surface area contributed by atoms with Gasteiger partial charge in [0.2, 0.25) is 0 Å². The van der Waals surface area contributed by atoms with Gasteiger partial charge in [0.05, 0.1) is 22.3 Å². The normalized spacial score (nSPS) is 14.0. The maximum absolute atomic E-state index is 12.6. The van der Waals surface area contributed by atoms with Gasteiger partial charge in [0.15, 0.2) is 0 Å². The molecule has 1 aliphatic heterocycles. The first-order valence-corrected chi connectivity index (χ1v) is 7.79. The molecule has 2 amide bonds. The first kappa shape index (κ1) is 18.6. The number of carbonyl (C=O) groups is 4. The molecule has 0 atom stereocenters. The minimum Gasteiger partial charge on any atom is -0.456 e. The molecule has 0 bridgehead atoms. The lowest BCUT2D eigenvalue weighted by molar-refractivity contribution is 0.00178. The van der Waals surface area contributed by atoms with E-state index in [0.717, 1.165) is 0 Å². The van der Waals surface area contributed by atoms with E-state index in [9.17, 15) is 19.2 Å². The van der Waals surface area contributed by atoms with E-state index in [2.05, 4.69) is 5.32 Å². The van der Waals surface area contributed by atoms with Crippen molar-refractivity contribution in [1.82, 2.24) is 5.32 Å². The van der Waals surface area contributed by atoms with Crippen molar-refractivity contribution < 1.29 is 28.7 Å². The van der Waals surface area contributed by atoms with Gasteiger partial charge in [0.1, 0.15) is 11.2 Å². The molecular weight excluding hydrogens is 326 g/mol. The minimum absolute atomic E-state index is 0.0261. The third-order valence-electron chi connectivity index (χ3n) is 3.13. The Kier molecular flexibility index (Phi) is 4.46. The zero-order chi connectivity index (χ0) is 19.2. The number of rotatable bonds is 2. The molecular formula is C18H21NO6. The Hall–Kier alpha value is -2.70. The maximum atomic E-state index is 12.6. The molecule has 0 aromatic heterocycles. The Morgan fingerprint density at radius 2 is 1.36 bits per heavy atom. The van der Waals surface area contributed by atoms with Gasteiger partial charge in [-0.3, -0.25) is 14.9 Å². The van der Waals surface area contributed by atoms with E-state index < -0.39 is 35.0 Å². The predicted molar refractivity (Wildman–Crippen MR) is 88.6 cm³/mol. The highest BCUT2D eigenvalue weighted by molar-refractivity contribution is 6.26. The molecule has 7 nitrogen and oxygen atoms in total. The third kappa shape index (κ3) is 4.04. The van der Waals surface area contributed by atoms with E-state index in [1.165, 1.54) is 12.1 Å². The van der Waals surface area contributed by atoms with E-state index >= 15 is 0 Å². The van der Waals surface area contributed by atoms with Crippen LogP contribution in [-0.2, 0) is 9.47 Å². The molecule has 0 aliphatic carbocycles. The molecule has 25 heavy (non-hydrogen) atoms. The van der Waals surface area contributed by atoms with Crippen molar-refractivity contribution in [2.24, 2.45) is 0 Å². The van der Waals surface area contributed by atoms with Crippen LogP contribution >= 0.6 is 0 Å². The standard InChI is InChI=1S/C18H21NO6/c1-17(2,3)24-15(22)10-8-7-9-11(14(21)19-13(9)20)12(10)16(23)25-18(4,5)6/h7-8H,1-6H3,(H,19,20,21). The van der Waals surface area contributed by atoms with Crippen molar-refractivity contribution in [1.29, 1.82) is 0 Å². The number of nitrogens with one attached hydrogen (secondary N) is 1. The fraction of sp³-hybridized carbons (Fsp3) is 0.444. The minimum atomic E-state index is -0.866. The highest BCUT2D eigenvalue weighted by atomic mass is 16.6. The van der Waals surface area contributed by atoms with Gasteiger partial charge in [-0.2, -0.15) is 0 Å². The SMILES string of the molecule is CC(C)(C)OC(=O)c1ccc2c(c1C(=O)OC(C)(C)C)C(=O)NC2=O. The van der Waals surface area contributed by atoms with Crippen LogP contribution in [0.4, 0.5) is 0 Å². The first-order valence-electron chi connectivity index (χ1n) is 7.79. The highest BCUT2D eigenvalue weighted by Crippen LogP contribution is 2.27. The number of hydrogen-bond donors (Lipinski definition) is 1. The lowest BCUT2D eigenvalue weighted by Gasteiger charge is -2.23. The van der Waals surface area contributed by atoms with Gasteiger partial charge in [0.25, 0.3) is 11.8 Å². The summed E-state index contributed by atoms with van der Waals surface area (Å²) in [6.45, 7) is 10.0. The molecule has 1 N–H and O–H groups in total. The summed E-state index contributed by atoms with van der Waals surface area (Å²) >= 11 is 0. The van der Waals surface area contributed by atoms with Crippen LogP contribution in [0, 0.1) is 0 Å². The number of hydrogen-bond acceptors (Lipinski definition) is 6. The molecule has 1 heterocycles. The van der Waals surface area contributed by atoms with Crippen molar-refractivity contribution in [2.45, 2.75) is 52.7 Å². The monoisotopic (exact) mass is 347 g/mol. The smallest absolute Gasteiger partial charge is 0.340 e. The predicted octanol–water partition coefficient (Wildman–Crippen LogP) is 2.48. The quantitative estimate of drug-likeness (QED) is 0.652. The van der Waals surface area contributed by atoms with Crippen LogP contribution < -0.4 is 5.32 Å². The van der Waals surface area contributed by atoms with Gasteiger partial charge >= 0.3 is 11.9 Å². The number of amides is 2. The van der Waals surface area contributed by atoms with Crippen molar-refractivity contribution in [3.05, 3.63) is 34.4 Å². The Bertz CT molecular complexity index is 780. The molecule has 0 fully saturated rings. The van der Waals surface area contributed by atoms with E-state index in [-0.39, 0.29) is 22.3 Å². The highest BCUT2D eigenvalue weighted by Gasteiger charge is 2.37. The second kappa shape index (κ2) is 5.98. The van der Waals surface area contributed by atoms with E-state index in [0.29, 0.717) is 0 Å². The average molecular weight is 347 g/mol. The summed E-state index contributed by atoms with van der Waals surface area (Å²) in [5, 5.41) is 2.12. The van der Waals surface area contributed by atoms with Crippen LogP contribution in [0.1, 0.15) is 83.0 Å². The molecule has 1 aromatic rings. The van der Waals surface area contributed by atoms with Gasteiger partial charge in [-0.05, 0) is 53.7 Å². The van der Waals surface area contributed by atoms with Crippen LogP contribution in [0.3, 0.4) is 0 Å². The third-order valence-corrected chi connectivity index (χ3v) is 3.13. The van der Waals surface area contributed by atoms with E-state index in [1.807, 2.05) is 0 Å². The van der Waals surface area contributed by atoms with Crippen LogP contribution in [0.25, 0.3) is 0 Å². The van der Waals surface area contributed by atoms with Crippen LogP contribution in [0.5, 0.6) is 0 Å². The molecule has 0 radical (unpaired) electrons. The largest absolute Gasteiger partial charge is 0.456 e. The first-order chi connectivity index (χ1) is 11.3. The lowest BCUT2D eigenvalue weighted by Crippen LogP contribution is -2.29. The van der Waals surface area contributed by atoms with Crippen LogP contribution in [0.2, 0.25) is 0 Å². The number of esters is 2. The Labute approximate surface area is 145 Å². The molecule has 0 saturated heterocycles. The molecule has 0 spiro atoms. The van der Waals surface area contributed by atoms with Gasteiger partial charge < -0.3 is 9.47 Å². The second-order valence-corrected chi connectivity index (χ2v) is 7.70. The van der Waals surface area contributed by atoms with Crippen molar-refractivity contribution in [3.63, 3.8) is 0 Å². The Morgan fingerprint density at radius 3 is 1.88 bits per heavy atom. The summed E-state index contributed by atoms with van der Waals surface area (Å²) in [4.78, 5) is 49.1. The number of imide groups is 1. The van der Waals surface area contributed by atoms with Crippen molar-refractivity contribution in [3.8, 4) is 0 Å². The molecule has 7 heteroatoms. The molecule has 1 aliphatic rings. The average Bonchev–Trinajstić information content (AvgIpc) is 2.69. The molecule has 1 aromatic carbocycles. The van der Waals surface area contributed by atoms with Crippen molar-refractivity contribution >= 4 is 23.8 Å². The summed E-state index contributed by atoms with van der Waals surface area (Å²) in [5.41, 5.74) is -2.15.